The molecule has 0 saturated heterocycles. The zero-order chi connectivity index (χ0) is 5.28. The predicted octanol–water partition coefficient (Wildman–Crippen LogP) is 0.248. The van der Waals surface area contributed by atoms with Crippen LogP contribution >= 0.6 is 0 Å². The summed E-state index contributed by atoms with van der Waals surface area (Å²) in [7, 11) is 0. The van der Waals surface area contributed by atoms with Crippen LogP contribution in [0.15, 0.2) is 0 Å². The van der Waals surface area contributed by atoms with Crippen molar-refractivity contribution in [3.63, 3.8) is 0 Å². The van der Waals surface area contributed by atoms with Crippen LogP contribution < -0.4 is 11.3 Å². The Hall–Kier alpha value is -0.0800. The molecule has 0 amide bonds. The molecule has 0 aromatic rings. The largest absolute Gasteiger partial charge is 0.271 e. The van der Waals surface area contributed by atoms with Gasteiger partial charge in [0, 0.05) is 6.04 Å². The van der Waals surface area contributed by atoms with Gasteiger partial charge < -0.3 is 0 Å². The molecule has 1 rings (SSSR count). The van der Waals surface area contributed by atoms with E-state index in [-0.39, 0.29) is 0 Å². The van der Waals surface area contributed by atoms with Gasteiger partial charge in [-0.3, -0.25) is 11.3 Å². The van der Waals surface area contributed by atoms with Crippen molar-refractivity contribution in [3.05, 3.63) is 0 Å². The lowest BCUT2D eigenvalue weighted by atomic mass is 9.82. The van der Waals surface area contributed by atoms with Gasteiger partial charge in [0.2, 0.25) is 0 Å². The van der Waals surface area contributed by atoms with Crippen molar-refractivity contribution >= 4 is 0 Å². The van der Waals surface area contributed by atoms with Crippen LogP contribution in [0.5, 0.6) is 0 Å². The Bertz CT molecular complexity index is 57.1. The van der Waals surface area contributed by atoms with Crippen molar-refractivity contribution in [2.45, 2.75) is 25.8 Å². The van der Waals surface area contributed by atoms with Crippen LogP contribution in [0.25, 0.3) is 0 Å². The van der Waals surface area contributed by atoms with E-state index < -0.39 is 0 Å². The van der Waals surface area contributed by atoms with E-state index in [1.54, 1.807) is 0 Å². The molecule has 0 heterocycles. The number of nitrogens with one attached hydrogen (secondary N) is 1. The molecule has 1 aliphatic carbocycles. The van der Waals surface area contributed by atoms with Crippen molar-refractivity contribution in [3.8, 4) is 0 Å². The quantitative estimate of drug-likeness (QED) is 0.366. The van der Waals surface area contributed by atoms with E-state index in [1.165, 1.54) is 12.8 Å². The topological polar surface area (TPSA) is 38.0 Å². The molecule has 42 valence electrons. The van der Waals surface area contributed by atoms with Crippen LogP contribution in [0.4, 0.5) is 0 Å². The Morgan fingerprint density at radius 3 is 2.29 bits per heavy atom. The first-order valence-electron chi connectivity index (χ1n) is 2.79. The fourth-order valence-electron chi connectivity index (χ4n) is 1.04. The zero-order valence-corrected chi connectivity index (χ0v) is 4.65. The van der Waals surface area contributed by atoms with Gasteiger partial charge in [-0.1, -0.05) is 6.92 Å². The van der Waals surface area contributed by atoms with Crippen LogP contribution in [0, 0.1) is 5.92 Å². The molecule has 0 radical (unpaired) electrons. The van der Waals surface area contributed by atoms with Crippen LogP contribution in [-0.4, -0.2) is 6.04 Å². The van der Waals surface area contributed by atoms with Gasteiger partial charge >= 0.3 is 0 Å². The van der Waals surface area contributed by atoms with Crippen molar-refractivity contribution in [1.29, 1.82) is 0 Å². The molecular formula is C5H12N2. The van der Waals surface area contributed by atoms with Gasteiger partial charge in [0.15, 0.2) is 0 Å². The van der Waals surface area contributed by atoms with Gasteiger partial charge in [0.1, 0.15) is 0 Å². The third kappa shape index (κ3) is 0.924. The molecule has 1 fully saturated rings. The minimum absolute atomic E-state index is 0.620. The third-order valence-corrected chi connectivity index (χ3v) is 1.61. The lowest BCUT2D eigenvalue weighted by molar-refractivity contribution is 0.244. The Labute approximate surface area is 44.1 Å². The first kappa shape index (κ1) is 5.06. The van der Waals surface area contributed by atoms with Crippen LogP contribution in [-0.2, 0) is 0 Å². The van der Waals surface area contributed by atoms with Crippen LogP contribution in [0.1, 0.15) is 19.8 Å². The molecule has 2 nitrogen and oxygen atoms in total. The average Bonchev–Trinajstić information content (AvgIpc) is 1.58. The monoisotopic (exact) mass is 100 g/mol. The SMILES string of the molecule is CC1CC(NN)C1. The smallest absolute Gasteiger partial charge is 0.0215 e. The Morgan fingerprint density at radius 1 is 1.57 bits per heavy atom. The fraction of sp³-hybridized carbons (Fsp3) is 1.00. The Morgan fingerprint density at radius 2 is 2.14 bits per heavy atom. The molecule has 0 atom stereocenters. The maximum Gasteiger partial charge on any atom is 0.0215 e. The minimum Gasteiger partial charge on any atom is -0.271 e. The van der Waals surface area contributed by atoms with E-state index >= 15 is 0 Å². The summed E-state index contributed by atoms with van der Waals surface area (Å²) in [5.41, 5.74) is 2.73. The highest BCUT2D eigenvalue weighted by Crippen LogP contribution is 2.25. The Balaban J connectivity index is 2.06. The highest BCUT2D eigenvalue weighted by atomic mass is 15.2. The lowest BCUT2D eigenvalue weighted by Crippen LogP contribution is -2.43. The highest BCUT2D eigenvalue weighted by molar-refractivity contribution is 4.79. The van der Waals surface area contributed by atoms with Crippen molar-refractivity contribution < 1.29 is 0 Å². The van der Waals surface area contributed by atoms with Crippen LogP contribution in [0.3, 0.4) is 0 Å². The maximum atomic E-state index is 5.15. The number of nitrogens with two attached hydrogens (primary N) is 1. The average molecular weight is 100 g/mol. The van der Waals surface area contributed by atoms with E-state index in [0.29, 0.717) is 6.04 Å². The van der Waals surface area contributed by atoms with Crippen LogP contribution in [0.2, 0.25) is 0 Å². The molecule has 0 unspecified atom stereocenters. The highest BCUT2D eigenvalue weighted by Gasteiger charge is 2.23. The molecule has 0 aromatic carbocycles. The van der Waals surface area contributed by atoms with E-state index in [1.807, 2.05) is 0 Å². The summed E-state index contributed by atoms with van der Waals surface area (Å²) in [6.07, 6.45) is 2.52. The summed E-state index contributed by atoms with van der Waals surface area (Å²) < 4.78 is 0. The second kappa shape index (κ2) is 1.80. The standard InChI is InChI=1S/C5H12N2/c1-4-2-5(3-4)7-6/h4-5,7H,2-3,6H2,1H3. The molecule has 0 spiro atoms. The van der Waals surface area contributed by atoms with Gasteiger partial charge in [-0.15, -0.1) is 0 Å². The Kier molecular flexibility index (Phi) is 1.30. The summed E-state index contributed by atoms with van der Waals surface area (Å²) in [6.45, 7) is 2.24. The third-order valence-electron chi connectivity index (χ3n) is 1.61. The van der Waals surface area contributed by atoms with Crippen molar-refractivity contribution in [1.82, 2.24) is 5.43 Å². The van der Waals surface area contributed by atoms with Gasteiger partial charge in [0.25, 0.3) is 0 Å². The number of hydrazine groups is 1. The van der Waals surface area contributed by atoms with Gasteiger partial charge in [-0.25, -0.2) is 0 Å². The molecule has 3 N–H and O–H groups in total. The van der Waals surface area contributed by atoms with Gasteiger partial charge in [-0.05, 0) is 18.8 Å². The van der Waals surface area contributed by atoms with E-state index in [9.17, 15) is 0 Å². The van der Waals surface area contributed by atoms with Gasteiger partial charge in [-0.2, -0.15) is 0 Å². The van der Waals surface area contributed by atoms with Gasteiger partial charge in [0.05, 0.1) is 0 Å². The van der Waals surface area contributed by atoms with Crippen molar-refractivity contribution in [2.75, 3.05) is 0 Å². The number of rotatable bonds is 1. The molecule has 7 heavy (non-hydrogen) atoms. The van der Waals surface area contributed by atoms with E-state index in [4.69, 9.17) is 5.84 Å². The first-order chi connectivity index (χ1) is 3.33. The summed E-state index contributed by atoms with van der Waals surface area (Å²) in [6, 6.07) is 0.620. The molecule has 2 heteroatoms. The zero-order valence-electron chi connectivity index (χ0n) is 4.65. The molecule has 0 aliphatic heterocycles. The molecule has 0 aromatic heterocycles. The molecule has 1 aliphatic rings. The summed E-state index contributed by atoms with van der Waals surface area (Å²) in [5, 5.41) is 0. The summed E-state index contributed by atoms with van der Waals surface area (Å²) in [5.74, 6) is 6.05. The maximum absolute atomic E-state index is 5.15. The molecule has 0 bridgehead atoms. The second-order valence-corrected chi connectivity index (χ2v) is 2.44. The fourth-order valence-corrected chi connectivity index (χ4v) is 1.04. The normalized spacial score (nSPS) is 40.3. The minimum atomic E-state index is 0.620. The molecule has 1 saturated carbocycles. The number of hydrogen-bond acceptors (Lipinski definition) is 2. The lowest BCUT2D eigenvalue weighted by Gasteiger charge is -2.31. The predicted molar refractivity (Wildman–Crippen MR) is 29.5 cm³/mol. The first-order valence-corrected chi connectivity index (χ1v) is 2.79. The summed E-state index contributed by atoms with van der Waals surface area (Å²) >= 11 is 0. The summed E-state index contributed by atoms with van der Waals surface area (Å²) in [4.78, 5) is 0. The molecular weight excluding hydrogens is 88.1 g/mol. The van der Waals surface area contributed by atoms with Crippen molar-refractivity contribution in [2.24, 2.45) is 11.8 Å². The number of hydrogen-bond donors (Lipinski definition) is 2. The van der Waals surface area contributed by atoms with E-state index in [2.05, 4.69) is 12.3 Å². The van der Waals surface area contributed by atoms with E-state index in [0.717, 1.165) is 5.92 Å². The second-order valence-electron chi connectivity index (χ2n) is 2.44.